The molecule has 0 N–H and O–H groups in total. The van der Waals surface area contributed by atoms with Crippen molar-refractivity contribution in [3.05, 3.63) is 53.5 Å². The van der Waals surface area contributed by atoms with Gasteiger partial charge in [0, 0.05) is 6.54 Å². The first kappa shape index (κ1) is 20.9. The number of hydrogen-bond acceptors (Lipinski definition) is 7. The van der Waals surface area contributed by atoms with E-state index in [4.69, 9.17) is 4.52 Å². The summed E-state index contributed by atoms with van der Waals surface area (Å²) in [7, 11) is -3.80. The minimum absolute atomic E-state index is 0.0362. The number of aromatic nitrogens is 2. The van der Waals surface area contributed by atoms with Gasteiger partial charge in [0.2, 0.25) is 27.6 Å². The fraction of sp³-hybridized carbons (Fsp3) is 0.278. The molecule has 1 amide bonds. The Morgan fingerprint density at radius 3 is 2.69 bits per heavy atom. The summed E-state index contributed by atoms with van der Waals surface area (Å²) in [6.07, 6.45) is 0.965. The van der Waals surface area contributed by atoms with Gasteiger partial charge in [0.15, 0.2) is 0 Å². The van der Waals surface area contributed by atoms with E-state index in [9.17, 15) is 17.6 Å². The predicted octanol–water partition coefficient (Wildman–Crippen LogP) is 2.75. The van der Waals surface area contributed by atoms with Crippen molar-refractivity contribution in [3.8, 4) is 10.7 Å². The number of nitrogens with zero attached hydrogens (tertiary/aromatic N) is 4. The van der Waals surface area contributed by atoms with Gasteiger partial charge in [0.05, 0.1) is 16.8 Å². The molecule has 0 aliphatic carbocycles. The summed E-state index contributed by atoms with van der Waals surface area (Å²) in [5.41, 5.74) is 0.0784. The number of rotatable bonds is 8. The van der Waals surface area contributed by atoms with Crippen LogP contribution in [0.1, 0.15) is 12.8 Å². The normalized spacial score (nSPS) is 11.4. The number of anilines is 1. The van der Waals surface area contributed by atoms with E-state index >= 15 is 0 Å². The van der Waals surface area contributed by atoms with Crippen molar-refractivity contribution >= 4 is 33.0 Å². The van der Waals surface area contributed by atoms with E-state index in [2.05, 4.69) is 10.1 Å². The Bertz CT molecular complexity index is 1080. The summed E-state index contributed by atoms with van der Waals surface area (Å²) in [6, 6.07) is 8.80. The van der Waals surface area contributed by atoms with Crippen LogP contribution in [0.2, 0.25) is 0 Å². The standard InChI is InChI=1S/C18H19FN4O4S2/c1-3-22(11-16-20-18(21-27-16)15-8-5-9-28-15)17(24)12-23(29(2,25)26)14-7-4-6-13(19)10-14/h4-10H,3,11-12H2,1-2H3. The largest absolute Gasteiger partial charge is 0.337 e. The van der Waals surface area contributed by atoms with Crippen molar-refractivity contribution in [2.45, 2.75) is 13.5 Å². The fourth-order valence-electron chi connectivity index (χ4n) is 2.62. The van der Waals surface area contributed by atoms with Gasteiger partial charge < -0.3 is 9.42 Å². The highest BCUT2D eigenvalue weighted by molar-refractivity contribution is 7.92. The second kappa shape index (κ2) is 8.70. The zero-order valence-electron chi connectivity index (χ0n) is 15.8. The van der Waals surface area contributed by atoms with Crippen LogP contribution in [0.3, 0.4) is 0 Å². The zero-order chi connectivity index (χ0) is 21.0. The summed E-state index contributed by atoms with van der Waals surface area (Å²) in [4.78, 5) is 19.3. The van der Waals surface area contributed by atoms with Gasteiger partial charge in [-0.25, -0.2) is 12.8 Å². The second-order valence-electron chi connectivity index (χ2n) is 6.15. The van der Waals surface area contributed by atoms with Crippen LogP contribution in [0.15, 0.2) is 46.3 Å². The molecular formula is C18H19FN4O4S2. The van der Waals surface area contributed by atoms with Gasteiger partial charge in [-0.05, 0) is 36.6 Å². The highest BCUT2D eigenvalue weighted by atomic mass is 32.2. The molecule has 8 nitrogen and oxygen atoms in total. The molecule has 0 fully saturated rings. The maximum Gasteiger partial charge on any atom is 0.246 e. The Morgan fingerprint density at radius 2 is 2.07 bits per heavy atom. The van der Waals surface area contributed by atoms with E-state index < -0.39 is 28.3 Å². The summed E-state index contributed by atoms with van der Waals surface area (Å²) in [5, 5.41) is 5.79. The van der Waals surface area contributed by atoms with Crippen molar-refractivity contribution in [2.24, 2.45) is 0 Å². The first-order valence-electron chi connectivity index (χ1n) is 8.65. The van der Waals surface area contributed by atoms with E-state index in [1.54, 1.807) is 6.92 Å². The molecule has 2 heterocycles. The van der Waals surface area contributed by atoms with Crippen LogP contribution in [0.25, 0.3) is 10.7 Å². The number of amides is 1. The number of carbonyl (C=O) groups is 1. The topological polar surface area (TPSA) is 96.6 Å². The van der Waals surface area contributed by atoms with Crippen LogP contribution in [-0.4, -0.2) is 48.7 Å². The zero-order valence-corrected chi connectivity index (χ0v) is 17.4. The molecule has 0 spiro atoms. The fourth-order valence-corrected chi connectivity index (χ4v) is 4.11. The number of likely N-dealkylation sites (N-methyl/N-ethyl adjacent to an activating group) is 1. The monoisotopic (exact) mass is 438 g/mol. The predicted molar refractivity (Wildman–Crippen MR) is 107 cm³/mol. The minimum Gasteiger partial charge on any atom is -0.337 e. The van der Waals surface area contributed by atoms with E-state index in [1.165, 1.54) is 34.4 Å². The summed E-state index contributed by atoms with van der Waals surface area (Å²) < 4.78 is 44.0. The van der Waals surface area contributed by atoms with Gasteiger partial charge in [0.1, 0.15) is 18.9 Å². The number of benzene rings is 1. The van der Waals surface area contributed by atoms with Crippen LogP contribution in [0.5, 0.6) is 0 Å². The molecule has 0 radical (unpaired) electrons. The molecule has 11 heteroatoms. The van der Waals surface area contributed by atoms with Gasteiger partial charge >= 0.3 is 0 Å². The summed E-state index contributed by atoms with van der Waals surface area (Å²) >= 11 is 1.46. The Labute approximate surface area is 171 Å². The third-order valence-corrected chi connectivity index (χ3v) is 6.05. The van der Waals surface area contributed by atoms with Gasteiger partial charge in [-0.1, -0.05) is 17.3 Å². The number of thiophene rings is 1. The maximum absolute atomic E-state index is 13.5. The van der Waals surface area contributed by atoms with E-state index in [0.29, 0.717) is 12.4 Å². The molecule has 0 saturated carbocycles. The second-order valence-corrected chi connectivity index (χ2v) is 9.00. The molecule has 0 unspecified atom stereocenters. The van der Waals surface area contributed by atoms with Crippen LogP contribution in [0, 0.1) is 5.82 Å². The minimum atomic E-state index is -3.80. The Kier molecular flexibility index (Phi) is 6.28. The summed E-state index contributed by atoms with van der Waals surface area (Å²) in [6.45, 7) is 1.62. The number of hydrogen-bond donors (Lipinski definition) is 0. The maximum atomic E-state index is 13.5. The molecule has 0 saturated heterocycles. The Hall–Kier alpha value is -2.79. The van der Waals surface area contributed by atoms with Crippen LogP contribution >= 0.6 is 11.3 Å². The lowest BCUT2D eigenvalue weighted by molar-refractivity contribution is -0.130. The first-order valence-corrected chi connectivity index (χ1v) is 11.4. The lowest BCUT2D eigenvalue weighted by Crippen LogP contribution is -2.42. The molecule has 0 bridgehead atoms. The molecule has 3 aromatic rings. The van der Waals surface area contributed by atoms with Gasteiger partial charge in [-0.3, -0.25) is 9.10 Å². The van der Waals surface area contributed by atoms with Gasteiger partial charge in [-0.2, -0.15) is 4.98 Å². The summed E-state index contributed by atoms with van der Waals surface area (Å²) in [5.74, 6) is -0.405. The molecule has 0 aliphatic heterocycles. The number of halogens is 1. The van der Waals surface area contributed by atoms with Crippen LogP contribution in [-0.2, 0) is 21.4 Å². The highest BCUT2D eigenvalue weighted by Crippen LogP contribution is 2.22. The third-order valence-electron chi connectivity index (χ3n) is 4.05. The smallest absolute Gasteiger partial charge is 0.246 e. The third kappa shape index (κ3) is 5.18. The van der Waals surface area contributed by atoms with Crippen molar-refractivity contribution in [3.63, 3.8) is 0 Å². The van der Waals surface area contributed by atoms with Crippen molar-refractivity contribution < 1.29 is 22.1 Å². The molecule has 2 aromatic heterocycles. The molecule has 1 aromatic carbocycles. The number of sulfonamides is 1. The van der Waals surface area contributed by atoms with Crippen molar-refractivity contribution in [1.29, 1.82) is 0 Å². The molecular weight excluding hydrogens is 419 g/mol. The average molecular weight is 439 g/mol. The lowest BCUT2D eigenvalue weighted by Gasteiger charge is -2.26. The molecule has 0 aliphatic rings. The highest BCUT2D eigenvalue weighted by Gasteiger charge is 2.25. The Morgan fingerprint density at radius 1 is 1.28 bits per heavy atom. The van der Waals surface area contributed by atoms with Crippen LogP contribution in [0.4, 0.5) is 10.1 Å². The molecule has 29 heavy (non-hydrogen) atoms. The van der Waals surface area contributed by atoms with Crippen molar-refractivity contribution in [1.82, 2.24) is 15.0 Å². The van der Waals surface area contributed by atoms with E-state index in [-0.39, 0.29) is 18.1 Å². The quantitative estimate of drug-likeness (QED) is 0.537. The van der Waals surface area contributed by atoms with Crippen molar-refractivity contribution in [2.75, 3.05) is 23.7 Å². The lowest BCUT2D eigenvalue weighted by atomic mass is 10.3. The van der Waals surface area contributed by atoms with Crippen LogP contribution < -0.4 is 4.31 Å². The van der Waals surface area contributed by atoms with E-state index in [1.807, 2.05) is 17.5 Å². The SMILES string of the molecule is CCN(Cc1nc(-c2cccs2)no1)C(=O)CN(c1cccc(F)c1)S(C)(=O)=O. The van der Waals surface area contributed by atoms with Gasteiger partial charge in [0.25, 0.3) is 0 Å². The first-order chi connectivity index (χ1) is 13.8. The Balaban J connectivity index is 1.76. The van der Waals surface area contributed by atoms with Gasteiger partial charge in [-0.15, -0.1) is 11.3 Å². The van der Waals surface area contributed by atoms with E-state index in [0.717, 1.165) is 21.5 Å². The average Bonchev–Trinajstić information content (AvgIpc) is 3.34. The molecule has 0 atom stereocenters. The molecule has 3 rings (SSSR count). The number of carbonyl (C=O) groups excluding carboxylic acids is 1. The molecule has 154 valence electrons.